The highest BCUT2D eigenvalue weighted by atomic mass is 32.2. The maximum atomic E-state index is 12.9. The molecule has 0 bridgehead atoms. The monoisotopic (exact) mass is 443 g/mol. The van der Waals surface area contributed by atoms with Crippen LogP contribution in [0.2, 0.25) is 0 Å². The van der Waals surface area contributed by atoms with Gasteiger partial charge in [0, 0.05) is 44.6 Å². The lowest BCUT2D eigenvalue weighted by atomic mass is 10.1. The van der Waals surface area contributed by atoms with Crippen LogP contribution in [0.5, 0.6) is 0 Å². The predicted octanol–water partition coefficient (Wildman–Crippen LogP) is 1.90. The summed E-state index contributed by atoms with van der Waals surface area (Å²) in [6.07, 6.45) is 2.21. The molecule has 0 radical (unpaired) electrons. The van der Waals surface area contributed by atoms with E-state index in [1.54, 1.807) is 18.3 Å². The molecule has 9 heteroatoms. The summed E-state index contributed by atoms with van der Waals surface area (Å²) in [6.45, 7) is 9.68. The van der Waals surface area contributed by atoms with E-state index < -0.39 is 10.0 Å². The number of carbonyl (C=O) groups excluding carboxylic acids is 1. The van der Waals surface area contributed by atoms with Crippen LogP contribution in [0.25, 0.3) is 0 Å². The second-order valence-corrected chi connectivity index (χ2v) is 10.4. The van der Waals surface area contributed by atoms with Crippen LogP contribution >= 0.6 is 0 Å². The van der Waals surface area contributed by atoms with E-state index in [-0.39, 0.29) is 18.2 Å². The third kappa shape index (κ3) is 4.57. The van der Waals surface area contributed by atoms with Gasteiger partial charge in [-0.15, -0.1) is 0 Å². The zero-order valence-corrected chi connectivity index (χ0v) is 19.2. The predicted molar refractivity (Wildman–Crippen MR) is 120 cm³/mol. The van der Waals surface area contributed by atoms with Gasteiger partial charge in [0.05, 0.1) is 23.6 Å². The number of hydrogen-bond donors (Lipinski definition) is 0. The second-order valence-electron chi connectivity index (χ2n) is 8.35. The van der Waals surface area contributed by atoms with Gasteiger partial charge >= 0.3 is 0 Å². The van der Waals surface area contributed by atoms with Gasteiger partial charge in [0.15, 0.2) is 0 Å². The Morgan fingerprint density at radius 2 is 1.77 bits per heavy atom. The van der Waals surface area contributed by atoms with E-state index in [4.69, 9.17) is 4.98 Å². The molecule has 1 amide bonds. The van der Waals surface area contributed by atoms with E-state index in [0.29, 0.717) is 37.3 Å². The molecule has 0 aliphatic carbocycles. The molecule has 2 aliphatic rings. The molecular weight excluding hydrogens is 414 g/mol. The fourth-order valence-corrected chi connectivity index (χ4v) is 5.64. The minimum Gasteiger partial charge on any atom is -0.353 e. The van der Waals surface area contributed by atoms with Crippen molar-refractivity contribution in [1.82, 2.24) is 19.2 Å². The summed E-state index contributed by atoms with van der Waals surface area (Å²) < 4.78 is 25.4. The number of aryl methyl sites for hydroxylation is 3. The van der Waals surface area contributed by atoms with Crippen LogP contribution in [0, 0.1) is 20.8 Å². The largest absolute Gasteiger partial charge is 0.353 e. The Kier molecular flexibility index (Phi) is 5.98. The number of rotatable bonds is 4. The summed E-state index contributed by atoms with van der Waals surface area (Å²) in [4.78, 5) is 26.1. The summed E-state index contributed by atoms with van der Waals surface area (Å²) in [5.74, 6) is 1.16. The highest BCUT2D eigenvalue weighted by Gasteiger charge is 2.29. The Morgan fingerprint density at radius 3 is 2.39 bits per heavy atom. The summed E-state index contributed by atoms with van der Waals surface area (Å²) >= 11 is 0. The molecule has 0 atom stereocenters. The van der Waals surface area contributed by atoms with Gasteiger partial charge in [-0.05, 0) is 50.5 Å². The van der Waals surface area contributed by atoms with Crippen molar-refractivity contribution >= 4 is 21.7 Å². The zero-order valence-electron chi connectivity index (χ0n) is 18.3. The van der Waals surface area contributed by atoms with Gasteiger partial charge in [0.25, 0.3) is 5.91 Å². The van der Waals surface area contributed by atoms with Crippen molar-refractivity contribution < 1.29 is 13.2 Å². The Morgan fingerprint density at radius 1 is 1.03 bits per heavy atom. The molecule has 0 saturated carbocycles. The molecule has 2 aromatic rings. The van der Waals surface area contributed by atoms with Crippen LogP contribution in [0.4, 0.5) is 5.82 Å². The Balaban J connectivity index is 1.37. The number of hydrogen-bond acceptors (Lipinski definition) is 6. The number of anilines is 1. The maximum absolute atomic E-state index is 12.9. The minimum atomic E-state index is -3.16. The van der Waals surface area contributed by atoms with Crippen LogP contribution in [-0.4, -0.2) is 72.0 Å². The van der Waals surface area contributed by atoms with E-state index in [0.717, 1.165) is 30.2 Å². The lowest BCUT2D eigenvalue weighted by Gasteiger charge is -2.36. The van der Waals surface area contributed by atoms with Crippen molar-refractivity contribution in [3.8, 4) is 0 Å². The fourth-order valence-electron chi connectivity index (χ4n) is 4.15. The van der Waals surface area contributed by atoms with Gasteiger partial charge in [0.1, 0.15) is 5.82 Å². The molecule has 0 spiro atoms. The number of nitrogens with zero attached hydrogens (tertiary/aromatic N) is 5. The molecular formula is C22H29N5O3S. The molecule has 0 aromatic carbocycles. The van der Waals surface area contributed by atoms with Gasteiger partial charge in [-0.2, -0.15) is 4.31 Å². The third-order valence-corrected chi connectivity index (χ3v) is 8.01. The smallest absolute Gasteiger partial charge is 0.255 e. The number of sulfonamides is 1. The average Bonchev–Trinajstić information content (AvgIpc) is 3.08. The fraction of sp³-hybridized carbons (Fsp3) is 0.500. The number of carbonyl (C=O) groups is 1. The first-order valence-corrected chi connectivity index (χ1v) is 12.3. The number of aromatic nitrogens is 2. The number of piperazine rings is 1. The van der Waals surface area contributed by atoms with Crippen molar-refractivity contribution in [3.63, 3.8) is 0 Å². The van der Waals surface area contributed by atoms with Crippen LogP contribution in [0.3, 0.4) is 0 Å². The molecule has 2 saturated heterocycles. The molecule has 2 fully saturated rings. The first kappa shape index (κ1) is 21.7. The Labute approximate surface area is 183 Å². The SMILES string of the molecule is Cc1cc(C)c(N2CCN(C(=O)c3ccc(CN4CCCS4(=O)=O)nc3)CC2)nc1C. The van der Waals surface area contributed by atoms with Crippen molar-refractivity contribution in [1.29, 1.82) is 0 Å². The van der Waals surface area contributed by atoms with E-state index >= 15 is 0 Å². The maximum Gasteiger partial charge on any atom is 0.255 e. The lowest BCUT2D eigenvalue weighted by Crippen LogP contribution is -2.49. The third-order valence-electron chi connectivity index (χ3n) is 6.11. The van der Waals surface area contributed by atoms with Crippen molar-refractivity contribution in [2.75, 3.05) is 43.4 Å². The molecule has 166 valence electrons. The molecule has 31 heavy (non-hydrogen) atoms. The summed E-state index contributed by atoms with van der Waals surface area (Å²) in [7, 11) is -3.16. The van der Waals surface area contributed by atoms with Crippen molar-refractivity contribution in [2.24, 2.45) is 0 Å². The second kappa shape index (κ2) is 8.55. The normalized spacial score (nSPS) is 19.1. The van der Waals surface area contributed by atoms with E-state index in [1.165, 1.54) is 9.87 Å². The molecule has 0 unspecified atom stereocenters. The zero-order chi connectivity index (χ0) is 22.2. The molecule has 4 rings (SSSR count). The van der Waals surface area contributed by atoms with Crippen LogP contribution in [0.15, 0.2) is 24.4 Å². The van der Waals surface area contributed by atoms with E-state index in [9.17, 15) is 13.2 Å². The first-order valence-electron chi connectivity index (χ1n) is 10.7. The van der Waals surface area contributed by atoms with Gasteiger partial charge in [-0.3, -0.25) is 9.78 Å². The highest BCUT2D eigenvalue weighted by molar-refractivity contribution is 7.89. The molecule has 4 heterocycles. The number of amides is 1. The standard InChI is InChI=1S/C22H29N5O3S/c1-16-13-17(2)21(24-18(16)3)25-8-10-26(11-9-25)22(28)19-5-6-20(23-14-19)15-27-7-4-12-31(27,29)30/h5-6,13-14H,4,7-12,15H2,1-3H3. The van der Waals surface area contributed by atoms with E-state index in [1.807, 2.05) is 11.8 Å². The van der Waals surface area contributed by atoms with E-state index in [2.05, 4.69) is 29.8 Å². The molecule has 0 N–H and O–H groups in total. The summed E-state index contributed by atoms with van der Waals surface area (Å²) in [6, 6.07) is 5.66. The molecule has 2 aliphatic heterocycles. The topological polar surface area (TPSA) is 86.7 Å². The van der Waals surface area contributed by atoms with Crippen LogP contribution in [-0.2, 0) is 16.6 Å². The summed E-state index contributed by atoms with van der Waals surface area (Å²) in [5, 5.41) is 0. The molecule has 2 aromatic heterocycles. The Bertz CT molecular complexity index is 1080. The Hall–Kier alpha value is -2.52. The summed E-state index contributed by atoms with van der Waals surface area (Å²) in [5.41, 5.74) is 4.56. The van der Waals surface area contributed by atoms with Crippen LogP contribution in [0.1, 0.15) is 39.3 Å². The molecule has 8 nitrogen and oxygen atoms in total. The first-order chi connectivity index (χ1) is 14.7. The van der Waals surface area contributed by atoms with Gasteiger partial charge < -0.3 is 9.80 Å². The minimum absolute atomic E-state index is 0.0442. The quantitative estimate of drug-likeness (QED) is 0.717. The van der Waals surface area contributed by atoms with Gasteiger partial charge in [-0.25, -0.2) is 13.4 Å². The van der Waals surface area contributed by atoms with Crippen molar-refractivity contribution in [3.05, 3.63) is 52.5 Å². The lowest BCUT2D eigenvalue weighted by molar-refractivity contribution is 0.0746. The average molecular weight is 444 g/mol. The van der Waals surface area contributed by atoms with Crippen molar-refractivity contribution in [2.45, 2.75) is 33.7 Å². The highest BCUT2D eigenvalue weighted by Crippen LogP contribution is 2.22. The van der Waals surface area contributed by atoms with Gasteiger partial charge in [0.2, 0.25) is 10.0 Å². The number of pyridine rings is 2. The van der Waals surface area contributed by atoms with Crippen LogP contribution < -0.4 is 4.90 Å². The van der Waals surface area contributed by atoms with Gasteiger partial charge in [-0.1, -0.05) is 6.07 Å².